The second kappa shape index (κ2) is 4.90. The molecule has 0 radical (unpaired) electrons. The molecule has 3 rings (SSSR count). The Bertz CT molecular complexity index is 642. The van der Waals surface area contributed by atoms with Crippen LogP contribution in [0.15, 0.2) is 48.5 Å². The molecule has 100 valence electrons. The summed E-state index contributed by atoms with van der Waals surface area (Å²) in [4.78, 5) is 25.7. The number of hydrogen-bond donors (Lipinski definition) is 1. The first-order valence-electron chi connectivity index (χ1n) is 6.44. The van der Waals surface area contributed by atoms with Gasteiger partial charge in [-0.1, -0.05) is 36.4 Å². The van der Waals surface area contributed by atoms with Crippen LogP contribution in [-0.4, -0.2) is 16.7 Å². The third-order valence-corrected chi connectivity index (χ3v) is 3.48. The Morgan fingerprint density at radius 3 is 1.80 bits per heavy atom. The van der Waals surface area contributed by atoms with E-state index in [-0.39, 0.29) is 18.4 Å². The molecule has 0 aliphatic carbocycles. The zero-order chi connectivity index (χ0) is 14.1. The Balaban J connectivity index is 1.85. The van der Waals surface area contributed by atoms with Crippen LogP contribution < -0.4 is 5.73 Å². The van der Waals surface area contributed by atoms with Crippen molar-refractivity contribution in [1.29, 1.82) is 0 Å². The van der Waals surface area contributed by atoms with Crippen LogP contribution in [0, 0.1) is 0 Å². The topological polar surface area (TPSA) is 63.4 Å². The monoisotopic (exact) mass is 266 g/mol. The molecule has 1 heterocycles. The molecule has 0 aromatic heterocycles. The van der Waals surface area contributed by atoms with Crippen molar-refractivity contribution in [3.05, 3.63) is 70.8 Å². The van der Waals surface area contributed by atoms with Gasteiger partial charge in [0.1, 0.15) is 0 Å². The van der Waals surface area contributed by atoms with Crippen LogP contribution in [0.1, 0.15) is 31.8 Å². The van der Waals surface area contributed by atoms with Crippen molar-refractivity contribution in [2.24, 2.45) is 5.73 Å². The van der Waals surface area contributed by atoms with Gasteiger partial charge in [0.15, 0.2) is 0 Å². The van der Waals surface area contributed by atoms with Gasteiger partial charge in [-0.2, -0.15) is 0 Å². The summed E-state index contributed by atoms with van der Waals surface area (Å²) in [7, 11) is 0. The van der Waals surface area contributed by atoms with Crippen LogP contribution >= 0.6 is 0 Å². The molecule has 0 atom stereocenters. The average molecular weight is 266 g/mol. The van der Waals surface area contributed by atoms with Gasteiger partial charge in [-0.25, -0.2) is 0 Å². The summed E-state index contributed by atoms with van der Waals surface area (Å²) in [5.74, 6) is -0.456. The number of hydrogen-bond acceptors (Lipinski definition) is 3. The van der Waals surface area contributed by atoms with Gasteiger partial charge in [-0.05, 0) is 23.3 Å². The van der Waals surface area contributed by atoms with E-state index in [9.17, 15) is 9.59 Å². The predicted molar refractivity (Wildman–Crippen MR) is 75.0 cm³/mol. The molecule has 0 fully saturated rings. The first-order valence-corrected chi connectivity index (χ1v) is 6.44. The summed E-state index contributed by atoms with van der Waals surface area (Å²) in [5, 5.41) is 0. The van der Waals surface area contributed by atoms with Crippen molar-refractivity contribution in [3.8, 4) is 0 Å². The lowest BCUT2D eigenvalue weighted by Crippen LogP contribution is -2.29. The molecule has 20 heavy (non-hydrogen) atoms. The van der Waals surface area contributed by atoms with Gasteiger partial charge in [-0.15, -0.1) is 0 Å². The molecule has 1 aliphatic heterocycles. The molecule has 2 N–H and O–H groups in total. The highest BCUT2D eigenvalue weighted by Gasteiger charge is 2.34. The fourth-order valence-electron chi connectivity index (χ4n) is 2.35. The van der Waals surface area contributed by atoms with E-state index in [1.54, 1.807) is 24.3 Å². The summed E-state index contributed by atoms with van der Waals surface area (Å²) in [6.07, 6.45) is 0. The maximum absolute atomic E-state index is 12.2. The molecule has 0 unspecified atom stereocenters. The number of fused-ring (bicyclic) bond motifs is 1. The number of carbonyl (C=O) groups is 2. The van der Waals surface area contributed by atoms with Gasteiger partial charge >= 0.3 is 0 Å². The number of rotatable bonds is 3. The van der Waals surface area contributed by atoms with E-state index in [2.05, 4.69) is 0 Å². The van der Waals surface area contributed by atoms with Crippen LogP contribution in [0.25, 0.3) is 0 Å². The Morgan fingerprint density at radius 2 is 1.30 bits per heavy atom. The van der Waals surface area contributed by atoms with Crippen molar-refractivity contribution in [3.63, 3.8) is 0 Å². The van der Waals surface area contributed by atoms with Gasteiger partial charge in [-0.3, -0.25) is 14.5 Å². The van der Waals surface area contributed by atoms with E-state index in [0.29, 0.717) is 17.7 Å². The first kappa shape index (κ1) is 12.6. The SMILES string of the molecule is NCc1ccc(CN2C(=O)c3ccccc3C2=O)cc1. The molecule has 2 aromatic rings. The van der Waals surface area contributed by atoms with Crippen LogP contribution in [0.5, 0.6) is 0 Å². The fraction of sp³-hybridized carbons (Fsp3) is 0.125. The lowest BCUT2D eigenvalue weighted by atomic mass is 10.1. The van der Waals surface area contributed by atoms with Crippen molar-refractivity contribution < 1.29 is 9.59 Å². The Hall–Kier alpha value is -2.46. The number of benzene rings is 2. The van der Waals surface area contributed by atoms with Crippen molar-refractivity contribution in [2.45, 2.75) is 13.1 Å². The molecule has 2 aromatic carbocycles. The zero-order valence-corrected chi connectivity index (χ0v) is 10.9. The summed E-state index contributed by atoms with van der Waals surface area (Å²) in [5.41, 5.74) is 8.45. The largest absolute Gasteiger partial charge is 0.326 e. The van der Waals surface area contributed by atoms with Crippen molar-refractivity contribution in [2.75, 3.05) is 0 Å². The van der Waals surface area contributed by atoms with Gasteiger partial charge in [0.05, 0.1) is 17.7 Å². The molecule has 4 heteroatoms. The number of amides is 2. The third kappa shape index (κ3) is 2.00. The molecule has 2 amide bonds. The number of carbonyl (C=O) groups excluding carboxylic acids is 2. The number of nitrogens with zero attached hydrogens (tertiary/aromatic N) is 1. The molecule has 0 spiro atoms. The summed E-state index contributed by atoms with van der Waals surface area (Å²) in [6, 6.07) is 14.5. The van der Waals surface area contributed by atoms with E-state index in [4.69, 9.17) is 5.73 Å². The second-order valence-electron chi connectivity index (χ2n) is 4.76. The average Bonchev–Trinajstić information content (AvgIpc) is 2.74. The molecule has 0 saturated carbocycles. The number of imide groups is 1. The lowest BCUT2D eigenvalue weighted by molar-refractivity contribution is 0.0642. The highest BCUT2D eigenvalue weighted by Crippen LogP contribution is 2.24. The van der Waals surface area contributed by atoms with Gasteiger partial charge in [0, 0.05) is 6.54 Å². The molecule has 4 nitrogen and oxygen atoms in total. The first-order chi connectivity index (χ1) is 9.70. The normalized spacial score (nSPS) is 13.8. The summed E-state index contributed by atoms with van der Waals surface area (Å²) < 4.78 is 0. The standard InChI is InChI=1S/C16H14N2O2/c17-9-11-5-7-12(8-6-11)10-18-15(19)13-3-1-2-4-14(13)16(18)20/h1-8H,9-10,17H2. The zero-order valence-electron chi connectivity index (χ0n) is 10.9. The van der Waals surface area contributed by atoms with Gasteiger partial charge in [0.25, 0.3) is 11.8 Å². The van der Waals surface area contributed by atoms with E-state index in [1.165, 1.54) is 4.90 Å². The Labute approximate surface area is 116 Å². The lowest BCUT2D eigenvalue weighted by Gasteiger charge is -2.14. The fourth-order valence-corrected chi connectivity index (χ4v) is 2.35. The molecule has 0 saturated heterocycles. The second-order valence-corrected chi connectivity index (χ2v) is 4.76. The minimum Gasteiger partial charge on any atom is -0.326 e. The van der Waals surface area contributed by atoms with Crippen LogP contribution in [-0.2, 0) is 13.1 Å². The quantitative estimate of drug-likeness (QED) is 0.863. The van der Waals surface area contributed by atoms with E-state index < -0.39 is 0 Å². The van der Waals surface area contributed by atoms with Crippen molar-refractivity contribution >= 4 is 11.8 Å². The summed E-state index contributed by atoms with van der Waals surface area (Å²) in [6.45, 7) is 0.768. The van der Waals surface area contributed by atoms with E-state index in [1.807, 2.05) is 24.3 Å². The minimum atomic E-state index is -0.228. The summed E-state index contributed by atoms with van der Waals surface area (Å²) >= 11 is 0. The highest BCUT2D eigenvalue weighted by atomic mass is 16.2. The van der Waals surface area contributed by atoms with Crippen molar-refractivity contribution in [1.82, 2.24) is 4.90 Å². The van der Waals surface area contributed by atoms with Crippen LogP contribution in [0.2, 0.25) is 0 Å². The third-order valence-electron chi connectivity index (χ3n) is 3.48. The Morgan fingerprint density at radius 1 is 0.800 bits per heavy atom. The Kier molecular flexibility index (Phi) is 3.08. The van der Waals surface area contributed by atoms with E-state index >= 15 is 0 Å². The maximum atomic E-state index is 12.2. The minimum absolute atomic E-state index is 0.228. The van der Waals surface area contributed by atoms with E-state index in [0.717, 1.165) is 11.1 Å². The van der Waals surface area contributed by atoms with Crippen LogP contribution in [0.3, 0.4) is 0 Å². The van der Waals surface area contributed by atoms with Crippen LogP contribution in [0.4, 0.5) is 0 Å². The maximum Gasteiger partial charge on any atom is 0.261 e. The molecular formula is C16H14N2O2. The molecular weight excluding hydrogens is 252 g/mol. The number of nitrogens with two attached hydrogens (primary N) is 1. The predicted octanol–water partition coefficient (Wildman–Crippen LogP) is 1.94. The molecule has 1 aliphatic rings. The van der Waals surface area contributed by atoms with Gasteiger partial charge in [0.2, 0.25) is 0 Å². The molecule has 0 bridgehead atoms. The highest BCUT2D eigenvalue weighted by molar-refractivity contribution is 6.21. The van der Waals surface area contributed by atoms with Gasteiger partial charge < -0.3 is 5.73 Å². The smallest absolute Gasteiger partial charge is 0.261 e.